The zero-order chi connectivity index (χ0) is 19.9. The van der Waals surface area contributed by atoms with E-state index in [0.717, 1.165) is 0 Å². The lowest BCUT2D eigenvalue weighted by atomic mass is 10.1. The fourth-order valence-corrected chi connectivity index (χ4v) is 2.02. The van der Waals surface area contributed by atoms with Gasteiger partial charge in [-0.1, -0.05) is 18.2 Å². The first kappa shape index (κ1) is 19.7. The third kappa shape index (κ3) is 6.01. The number of anilines is 1. The molecule has 5 nitrogen and oxygen atoms in total. The molecule has 0 aliphatic rings. The van der Waals surface area contributed by atoms with Crippen LogP contribution in [0.15, 0.2) is 54.6 Å². The minimum absolute atomic E-state index is 0.0362. The molecule has 2 aromatic rings. The summed E-state index contributed by atoms with van der Waals surface area (Å²) in [4.78, 5) is 23.1. The molecule has 2 aromatic carbocycles. The second-order valence-corrected chi connectivity index (χ2v) is 5.25. The van der Waals surface area contributed by atoms with E-state index < -0.39 is 12.1 Å². The summed E-state index contributed by atoms with van der Waals surface area (Å²) in [6.07, 6.45) is -2.30. The van der Waals surface area contributed by atoms with Crippen molar-refractivity contribution in [3.63, 3.8) is 0 Å². The molecule has 0 saturated heterocycles. The zero-order valence-electron chi connectivity index (χ0n) is 13.8. The number of ketones is 1. The van der Waals surface area contributed by atoms with Crippen LogP contribution in [0.25, 0.3) is 6.08 Å². The summed E-state index contributed by atoms with van der Waals surface area (Å²) < 4.78 is 41.9. The van der Waals surface area contributed by atoms with Gasteiger partial charge in [0.1, 0.15) is 11.8 Å². The molecule has 138 valence electrons. The van der Waals surface area contributed by atoms with Crippen LogP contribution in [0.2, 0.25) is 0 Å². The van der Waals surface area contributed by atoms with Gasteiger partial charge in [-0.25, -0.2) is 0 Å². The standard InChI is InChI=1S/C19H13F3N2O3/c20-19(21,22)18(26)24-15-3-1-2-13(12-15)4-9-17(25)14-5-7-16(8-6-14)27-11-10-23/h1-9,12H,11H2,(H,24,26)/b9-4+. The first-order valence-corrected chi connectivity index (χ1v) is 7.60. The minimum Gasteiger partial charge on any atom is -0.479 e. The van der Waals surface area contributed by atoms with Crippen LogP contribution in [0.5, 0.6) is 5.75 Å². The number of nitrogens with zero attached hydrogens (tertiary/aromatic N) is 1. The van der Waals surface area contributed by atoms with Crippen LogP contribution < -0.4 is 10.1 Å². The van der Waals surface area contributed by atoms with Crippen molar-refractivity contribution in [3.05, 3.63) is 65.7 Å². The topological polar surface area (TPSA) is 79.2 Å². The second kappa shape index (κ2) is 8.67. The predicted molar refractivity (Wildman–Crippen MR) is 92.0 cm³/mol. The van der Waals surface area contributed by atoms with Gasteiger partial charge in [-0.05, 0) is 48.0 Å². The van der Waals surface area contributed by atoms with Crippen LogP contribution in [-0.4, -0.2) is 24.5 Å². The number of carbonyl (C=O) groups excluding carboxylic acids is 2. The van der Waals surface area contributed by atoms with Gasteiger partial charge >= 0.3 is 12.1 Å². The second-order valence-electron chi connectivity index (χ2n) is 5.25. The van der Waals surface area contributed by atoms with Gasteiger partial charge in [-0.3, -0.25) is 9.59 Å². The van der Waals surface area contributed by atoms with Crippen molar-refractivity contribution in [2.24, 2.45) is 0 Å². The molecular weight excluding hydrogens is 361 g/mol. The van der Waals surface area contributed by atoms with E-state index in [1.165, 1.54) is 42.5 Å². The van der Waals surface area contributed by atoms with E-state index >= 15 is 0 Å². The van der Waals surface area contributed by atoms with E-state index in [0.29, 0.717) is 16.9 Å². The molecule has 0 saturated carbocycles. The van der Waals surface area contributed by atoms with E-state index in [1.807, 2.05) is 6.07 Å². The molecule has 0 radical (unpaired) electrons. The number of hydrogen-bond acceptors (Lipinski definition) is 4. The first-order chi connectivity index (χ1) is 12.8. The van der Waals surface area contributed by atoms with Gasteiger partial charge in [-0.2, -0.15) is 18.4 Å². The average Bonchev–Trinajstić information content (AvgIpc) is 2.64. The van der Waals surface area contributed by atoms with Crippen LogP contribution in [0.4, 0.5) is 18.9 Å². The molecular formula is C19H13F3N2O3. The van der Waals surface area contributed by atoms with Crippen LogP contribution >= 0.6 is 0 Å². The quantitative estimate of drug-likeness (QED) is 0.613. The number of nitriles is 1. The summed E-state index contributed by atoms with van der Waals surface area (Å²) in [6, 6.07) is 13.6. The largest absolute Gasteiger partial charge is 0.479 e. The van der Waals surface area contributed by atoms with Gasteiger partial charge < -0.3 is 10.1 Å². The molecule has 27 heavy (non-hydrogen) atoms. The maximum absolute atomic E-state index is 12.3. The van der Waals surface area contributed by atoms with E-state index in [4.69, 9.17) is 10.00 Å². The van der Waals surface area contributed by atoms with Crippen molar-refractivity contribution >= 4 is 23.5 Å². The highest BCUT2D eigenvalue weighted by Gasteiger charge is 2.38. The van der Waals surface area contributed by atoms with E-state index in [9.17, 15) is 22.8 Å². The predicted octanol–water partition coefficient (Wildman–Crippen LogP) is 3.99. The summed E-state index contributed by atoms with van der Waals surface area (Å²) in [6.45, 7) is -0.103. The summed E-state index contributed by atoms with van der Waals surface area (Å²) in [7, 11) is 0. The van der Waals surface area contributed by atoms with Gasteiger partial charge in [0.15, 0.2) is 12.4 Å². The van der Waals surface area contributed by atoms with Gasteiger partial charge in [0, 0.05) is 11.3 Å². The monoisotopic (exact) mass is 374 g/mol. The summed E-state index contributed by atoms with van der Waals surface area (Å²) in [5.74, 6) is -1.95. The number of nitrogens with one attached hydrogen (secondary N) is 1. The number of amides is 1. The zero-order valence-corrected chi connectivity index (χ0v) is 13.8. The third-order valence-electron chi connectivity index (χ3n) is 3.27. The fraction of sp³-hybridized carbons (Fsp3) is 0.105. The van der Waals surface area contributed by atoms with E-state index in [1.54, 1.807) is 23.5 Å². The normalized spacial score (nSPS) is 11.0. The van der Waals surface area contributed by atoms with Gasteiger partial charge in [0.2, 0.25) is 0 Å². The highest BCUT2D eigenvalue weighted by molar-refractivity contribution is 6.07. The van der Waals surface area contributed by atoms with Crippen molar-refractivity contribution in [2.45, 2.75) is 6.18 Å². The van der Waals surface area contributed by atoms with Gasteiger partial charge in [-0.15, -0.1) is 0 Å². The number of allylic oxidation sites excluding steroid dienone is 1. The molecule has 0 atom stereocenters. The molecule has 0 aliphatic heterocycles. The Kier molecular flexibility index (Phi) is 6.33. The molecule has 0 heterocycles. The molecule has 0 unspecified atom stereocenters. The Balaban J connectivity index is 2.05. The lowest BCUT2D eigenvalue weighted by Gasteiger charge is -2.08. The van der Waals surface area contributed by atoms with Crippen molar-refractivity contribution in [1.82, 2.24) is 0 Å². The number of rotatable bonds is 6. The Bertz CT molecular complexity index is 898. The van der Waals surface area contributed by atoms with Crippen molar-refractivity contribution in [2.75, 3.05) is 11.9 Å². The maximum Gasteiger partial charge on any atom is 0.471 e. The highest BCUT2D eigenvalue weighted by atomic mass is 19.4. The number of halogens is 3. The van der Waals surface area contributed by atoms with Gasteiger partial charge in [0.25, 0.3) is 0 Å². The molecule has 0 aliphatic carbocycles. The molecule has 8 heteroatoms. The first-order valence-electron chi connectivity index (χ1n) is 7.60. The van der Waals surface area contributed by atoms with Crippen molar-refractivity contribution < 1.29 is 27.5 Å². The molecule has 2 rings (SSSR count). The van der Waals surface area contributed by atoms with E-state index in [-0.39, 0.29) is 18.1 Å². The number of benzene rings is 2. The summed E-state index contributed by atoms with van der Waals surface area (Å²) in [5.41, 5.74) is 0.778. The van der Waals surface area contributed by atoms with Crippen LogP contribution in [0, 0.1) is 11.3 Å². The Morgan fingerprint density at radius 1 is 1.15 bits per heavy atom. The lowest BCUT2D eigenvalue weighted by Crippen LogP contribution is -2.29. The Morgan fingerprint density at radius 3 is 2.48 bits per heavy atom. The van der Waals surface area contributed by atoms with Gasteiger partial charge in [0.05, 0.1) is 0 Å². The average molecular weight is 374 g/mol. The highest BCUT2D eigenvalue weighted by Crippen LogP contribution is 2.19. The molecule has 1 N–H and O–H groups in total. The smallest absolute Gasteiger partial charge is 0.471 e. The lowest BCUT2D eigenvalue weighted by molar-refractivity contribution is -0.167. The number of alkyl halides is 3. The minimum atomic E-state index is -4.98. The number of hydrogen-bond donors (Lipinski definition) is 1. The number of carbonyl (C=O) groups is 2. The summed E-state index contributed by atoms with van der Waals surface area (Å²) >= 11 is 0. The Labute approximate surface area is 152 Å². The molecule has 0 bridgehead atoms. The maximum atomic E-state index is 12.3. The molecule has 0 spiro atoms. The van der Waals surface area contributed by atoms with E-state index in [2.05, 4.69) is 0 Å². The Morgan fingerprint density at radius 2 is 1.85 bits per heavy atom. The third-order valence-corrected chi connectivity index (χ3v) is 3.27. The SMILES string of the molecule is N#CCOc1ccc(C(=O)/C=C/c2cccc(NC(=O)C(F)(F)F)c2)cc1. The summed E-state index contributed by atoms with van der Waals surface area (Å²) in [5, 5.41) is 10.2. The van der Waals surface area contributed by atoms with Crippen LogP contribution in [0.3, 0.4) is 0 Å². The van der Waals surface area contributed by atoms with Crippen LogP contribution in [-0.2, 0) is 4.79 Å². The van der Waals surface area contributed by atoms with Crippen molar-refractivity contribution in [3.8, 4) is 11.8 Å². The van der Waals surface area contributed by atoms with Crippen molar-refractivity contribution in [1.29, 1.82) is 5.26 Å². The fourth-order valence-electron chi connectivity index (χ4n) is 2.02. The van der Waals surface area contributed by atoms with Crippen LogP contribution in [0.1, 0.15) is 15.9 Å². The molecule has 0 fully saturated rings. The Hall–Kier alpha value is -3.60. The molecule has 1 amide bonds. The molecule has 0 aromatic heterocycles. The number of ether oxygens (including phenoxy) is 1.